The summed E-state index contributed by atoms with van der Waals surface area (Å²) in [7, 11) is 0. The first-order valence-electron chi connectivity index (χ1n) is 9.68. The number of benzene rings is 3. The Labute approximate surface area is 221 Å². The first kappa shape index (κ1) is 25.2. The molecule has 0 bridgehead atoms. The molecule has 3 aromatic rings. The van der Waals surface area contributed by atoms with E-state index in [-0.39, 0.29) is 22.0 Å². The van der Waals surface area contributed by atoms with Crippen LogP contribution in [-0.2, 0) is 4.79 Å². The van der Waals surface area contributed by atoms with Crippen LogP contribution in [0.1, 0.15) is 21.8 Å². The van der Waals surface area contributed by atoms with Crippen molar-refractivity contribution in [3.05, 3.63) is 92.4 Å². The third-order valence-electron chi connectivity index (χ3n) is 5.24. The molecule has 1 saturated carbocycles. The minimum absolute atomic E-state index is 0.0202. The Balaban J connectivity index is 1.52. The zero-order valence-corrected chi connectivity index (χ0v) is 21.4. The number of hydrogen-bond acceptors (Lipinski definition) is 2. The minimum atomic E-state index is -1.04. The molecule has 0 heterocycles. The molecule has 34 heavy (non-hydrogen) atoms. The molecule has 1 unspecified atom stereocenters. The van der Waals surface area contributed by atoms with Crippen molar-refractivity contribution in [1.29, 1.82) is 0 Å². The van der Waals surface area contributed by atoms with Crippen LogP contribution in [0.4, 0.5) is 20.2 Å². The molecule has 0 saturated heterocycles. The maximum absolute atomic E-state index is 13.9. The van der Waals surface area contributed by atoms with Crippen LogP contribution in [0, 0.1) is 17.6 Å². The van der Waals surface area contributed by atoms with E-state index in [2.05, 4.69) is 26.6 Å². The molecule has 3 atom stereocenters. The van der Waals surface area contributed by atoms with Crippen molar-refractivity contribution in [2.75, 3.05) is 10.6 Å². The van der Waals surface area contributed by atoms with E-state index in [0.717, 1.165) is 12.1 Å². The van der Waals surface area contributed by atoms with Gasteiger partial charge in [-0.15, -0.1) is 11.6 Å². The second kappa shape index (κ2) is 9.63. The molecule has 0 radical (unpaired) electrons. The van der Waals surface area contributed by atoms with Crippen LogP contribution in [0.5, 0.6) is 0 Å². The van der Waals surface area contributed by atoms with E-state index in [4.69, 9.17) is 46.4 Å². The average Bonchev–Trinajstić information content (AvgIpc) is 3.33. The van der Waals surface area contributed by atoms with Gasteiger partial charge in [-0.2, -0.15) is 0 Å². The van der Waals surface area contributed by atoms with Gasteiger partial charge in [-0.1, -0.05) is 50.7 Å². The van der Waals surface area contributed by atoms with Crippen LogP contribution < -0.4 is 10.6 Å². The summed E-state index contributed by atoms with van der Waals surface area (Å²) >= 11 is 28.2. The molecule has 3 aromatic carbocycles. The number of alkyl halides is 2. The van der Waals surface area contributed by atoms with Crippen molar-refractivity contribution < 1.29 is 18.4 Å². The Morgan fingerprint density at radius 3 is 2.24 bits per heavy atom. The highest BCUT2D eigenvalue weighted by Gasteiger charge is 2.67. The molecule has 4 rings (SSSR count). The summed E-state index contributed by atoms with van der Waals surface area (Å²) in [5.74, 6) is -3.93. The summed E-state index contributed by atoms with van der Waals surface area (Å²) in [4.78, 5) is 25.6. The van der Waals surface area contributed by atoms with Crippen LogP contribution in [0.15, 0.2) is 54.6 Å². The van der Waals surface area contributed by atoms with E-state index in [1.54, 1.807) is 18.2 Å². The fourth-order valence-electron chi connectivity index (χ4n) is 3.60. The van der Waals surface area contributed by atoms with E-state index in [1.807, 2.05) is 0 Å². The second-order valence-electron chi connectivity index (χ2n) is 7.59. The van der Waals surface area contributed by atoms with E-state index in [0.29, 0.717) is 21.7 Å². The molecule has 176 valence electrons. The van der Waals surface area contributed by atoms with Crippen molar-refractivity contribution in [2.24, 2.45) is 5.92 Å². The Morgan fingerprint density at radius 2 is 1.59 bits per heavy atom. The maximum atomic E-state index is 13.9. The summed E-state index contributed by atoms with van der Waals surface area (Å²) < 4.78 is 26.0. The van der Waals surface area contributed by atoms with Crippen molar-refractivity contribution in [3.63, 3.8) is 0 Å². The second-order valence-corrected chi connectivity index (χ2v) is 11.3. The van der Waals surface area contributed by atoms with Crippen LogP contribution in [-0.4, -0.2) is 15.6 Å². The zero-order valence-electron chi connectivity index (χ0n) is 16.8. The standard InChI is InChI=1S/C23H13BrCl4F2N2O2/c24-23(28)19(10-5-11(25)7-12(26)6-10)20(23)22(34)31-14-2-3-16(27)15(9-14)21(33)32-18-4-1-13(29)8-17(18)30/h1-9,19-20H,(H,31,34)(H,32,33)/t19?,20-,23+/m0/s1. The van der Waals surface area contributed by atoms with E-state index in [1.165, 1.54) is 18.2 Å². The topological polar surface area (TPSA) is 58.2 Å². The first-order valence-corrected chi connectivity index (χ1v) is 12.0. The lowest BCUT2D eigenvalue weighted by Crippen LogP contribution is -2.18. The van der Waals surface area contributed by atoms with E-state index >= 15 is 0 Å². The number of rotatable bonds is 5. The number of carbonyl (C=O) groups excluding carboxylic acids is 2. The van der Waals surface area contributed by atoms with E-state index < -0.39 is 39.1 Å². The molecule has 11 heteroatoms. The molecule has 0 aliphatic heterocycles. The average molecular weight is 609 g/mol. The fourth-order valence-corrected chi connectivity index (χ4v) is 5.63. The van der Waals surface area contributed by atoms with Gasteiger partial charge in [-0.25, -0.2) is 8.78 Å². The molecule has 2 N–H and O–H groups in total. The van der Waals surface area contributed by atoms with Crippen molar-refractivity contribution in [1.82, 2.24) is 0 Å². The lowest BCUT2D eigenvalue weighted by molar-refractivity contribution is -0.117. The lowest BCUT2D eigenvalue weighted by atomic mass is 10.1. The molecular formula is C23H13BrCl4F2N2O2. The monoisotopic (exact) mass is 606 g/mol. The summed E-state index contributed by atoms with van der Waals surface area (Å²) in [6.07, 6.45) is 0. The van der Waals surface area contributed by atoms with Crippen LogP contribution in [0.3, 0.4) is 0 Å². The van der Waals surface area contributed by atoms with Gasteiger partial charge >= 0.3 is 0 Å². The highest BCUT2D eigenvalue weighted by molar-refractivity contribution is 9.10. The Morgan fingerprint density at radius 1 is 0.912 bits per heavy atom. The van der Waals surface area contributed by atoms with Gasteiger partial charge in [0.25, 0.3) is 5.91 Å². The number of anilines is 2. The van der Waals surface area contributed by atoms with Crippen molar-refractivity contribution in [2.45, 2.75) is 9.70 Å². The normalized spacial score (nSPS) is 21.1. The van der Waals surface area contributed by atoms with Gasteiger partial charge in [0.15, 0.2) is 0 Å². The van der Waals surface area contributed by atoms with Gasteiger partial charge < -0.3 is 10.6 Å². The summed E-state index contributed by atoms with van der Waals surface area (Å²) in [5.41, 5.74) is 0.730. The molecular weight excluding hydrogens is 596 g/mol. The molecule has 4 nitrogen and oxygen atoms in total. The lowest BCUT2D eigenvalue weighted by Gasteiger charge is -2.11. The fraction of sp³-hybridized carbons (Fsp3) is 0.130. The highest BCUT2D eigenvalue weighted by atomic mass is 79.9. The van der Waals surface area contributed by atoms with Crippen LogP contribution in [0.25, 0.3) is 0 Å². The largest absolute Gasteiger partial charge is 0.326 e. The predicted octanol–water partition coefficient (Wildman–Crippen LogP) is 7.86. The van der Waals surface area contributed by atoms with Gasteiger partial charge in [0.2, 0.25) is 5.91 Å². The Kier molecular flexibility index (Phi) is 7.14. The third kappa shape index (κ3) is 5.19. The molecule has 0 aromatic heterocycles. The van der Waals surface area contributed by atoms with Gasteiger partial charge in [0.1, 0.15) is 15.4 Å². The van der Waals surface area contributed by atoms with Crippen LogP contribution >= 0.6 is 62.3 Å². The van der Waals surface area contributed by atoms with Crippen molar-refractivity contribution >= 4 is 85.5 Å². The minimum Gasteiger partial charge on any atom is -0.326 e. The van der Waals surface area contributed by atoms with Gasteiger partial charge in [-0.3, -0.25) is 9.59 Å². The molecule has 2 amide bonds. The molecule has 1 fully saturated rings. The summed E-state index contributed by atoms with van der Waals surface area (Å²) in [6, 6.07) is 11.9. The van der Waals surface area contributed by atoms with Gasteiger partial charge in [0.05, 0.1) is 22.2 Å². The summed E-state index contributed by atoms with van der Waals surface area (Å²) in [6.45, 7) is 0. The van der Waals surface area contributed by atoms with Gasteiger partial charge in [0, 0.05) is 27.7 Å². The van der Waals surface area contributed by atoms with Crippen molar-refractivity contribution in [3.8, 4) is 0 Å². The third-order valence-corrected chi connectivity index (χ3v) is 7.46. The van der Waals surface area contributed by atoms with Crippen LogP contribution in [0.2, 0.25) is 15.1 Å². The maximum Gasteiger partial charge on any atom is 0.257 e. The zero-order chi connectivity index (χ0) is 24.8. The smallest absolute Gasteiger partial charge is 0.257 e. The number of amides is 2. The first-order chi connectivity index (χ1) is 16.0. The molecule has 1 aliphatic carbocycles. The predicted molar refractivity (Wildman–Crippen MR) is 135 cm³/mol. The SMILES string of the molecule is O=C(Nc1ccc(F)cc1F)c1cc(NC(=O)[C@@H]2C(c3cc(Cl)cc(Cl)c3)[C@]2(Cl)Br)ccc1Cl. The number of nitrogens with one attached hydrogen (secondary N) is 2. The Hall–Kier alpha value is -1.90. The number of halogens is 7. The highest BCUT2D eigenvalue weighted by Crippen LogP contribution is 2.66. The quantitative estimate of drug-likeness (QED) is 0.290. The number of carbonyl (C=O) groups is 2. The molecule has 1 aliphatic rings. The van der Waals surface area contributed by atoms with E-state index in [9.17, 15) is 18.4 Å². The summed E-state index contributed by atoms with van der Waals surface area (Å²) in [5, 5.41) is 5.95. The molecule has 0 spiro atoms. The number of hydrogen-bond donors (Lipinski definition) is 2. The Bertz CT molecular complexity index is 1300. The van der Waals surface area contributed by atoms with Gasteiger partial charge in [-0.05, 0) is 54.1 Å².